The minimum Gasteiger partial charge on any atom is -0.465 e. The lowest BCUT2D eigenvalue weighted by Gasteiger charge is -2.16. The highest BCUT2D eigenvalue weighted by atomic mass is 35.5. The Morgan fingerprint density at radius 2 is 2.13 bits per heavy atom. The second kappa shape index (κ2) is 6.11. The molecule has 0 bridgehead atoms. The van der Waals surface area contributed by atoms with E-state index in [4.69, 9.17) is 16.3 Å². The van der Waals surface area contributed by atoms with Crippen LogP contribution in [0.3, 0.4) is 0 Å². The van der Waals surface area contributed by atoms with E-state index in [1.165, 1.54) is 10.5 Å². The molecule has 2 atom stereocenters. The zero-order valence-corrected chi connectivity index (χ0v) is 13.7. The average molecular weight is 356 g/mol. The maximum absolute atomic E-state index is 12.1. The Hall–Kier alpha value is -1.63. The number of halogens is 2. The Morgan fingerprint density at radius 3 is 2.91 bits per heavy atom. The van der Waals surface area contributed by atoms with Crippen molar-refractivity contribution < 1.29 is 9.53 Å². The fourth-order valence-corrected chi connectivity index (χ4v) is 3.42. The van der Waals surface area contributed by atoms with Crippen molar-refractivity contribution in [3.05, 3.63) is 45.5 Å². The van der Waals surface area contributed by atoms with Crippen LogP contribution in [0.1, 0.15) is 5.69 Å². The fourth-order valence-electron chi connectivity index (χ4n) is 3.26. The lowest BCUT2D eigenvalue weighted by Crippen LogP contribution is -2.25. The molecule has 4 rings (SSSR count). The van der Waals surface area contributed by atoms with Crippen LogP contribution in [0.2, 0.25) is 5.02 Å². The Bertz CT molecular complexity index is 823. The van der Waals surface area contributed by atoms with Crippen LogP contribution in [0.15, 0.2) is 29.2 Å². The first-order valence-corrected chi connectivity index (χ1v) is 7.55. The van der Waals surface area contributed by atoms with Gasteiger partial charge in [-0.1, -0.05) is 11.6 Å². The molecular formula is C15H15Cl2N3O3. The third-order valence-electron chi connectivity index (χ3n) is 4.32. The summed E-state index contributed by atoms with van der Waals surface area (Å²) < 4.78 is 6.49. The van der Waals surface area contributed by atoms with Gasteiger partial charge in [0.2, 0.25) is 0 Å². The summed E-state index contributed by atoms with van der Waals surface area (Å²) in [5.41, 5.74) is 1.13. The minimum atomic E-state index is -0.152. The monoisotopic (exact) mass is 355 g/mol. The third kappa shape index (κ3) is 2.94. The molecule has 0 radical (unpaired) electrons. The molecule has 0 spiro atoms. The van der Waals surface area contributed by atoms with E-state index in [2.05, 4.69) is 9.88 Å². The van der Waals surface area contributed by atoms with Crippen LogP contribution in [-0.4, -0.2) is 40.0 Å². The molecule has 0 N–H and O–H groups in total. The molecule has 2 saturated heterocycles. The Kier molecular flexibility index (Phi) is 4.31. The van der Waals surface area contributed by atoms with Crippen LogP contribution in [-0.2, 0) is 16.1 Å². The summed E-state index contributed by atoms with van der Waals surface area (Å²) in [6, 6.07) is 4.96. The second-order valence-corrected chi connectivity index (χ2v) is 6.29. The summed E-state index contributed by atoms with van der Waals surface area (Å²) in [4.78, 5) is 30.4. The Balaban J connectivity index is 0.00000156. The number of aromatic nitrogens is 2. The van der Waals surface area contributed by atoms with Gasteiger partial charge in [0.1, 0.15) is 5.65 Å². The molecule has 0 aliphatic carbocycles. The minimum absolute atomic E-state index is 0. The molecule has 0 amide bonds. The number of hydrogen-bond donors (Lipinski definition) is 0. The van der Waals surface area contributed by atoms with Gasteiger partial charge < -0.3 is 4.74 Å². The Labute approximate surface area is 143 Å². The zero-order valence-electron chi connectivity index (χ0n) is 12.1. The fraction of sp³-hybridized carbons (Fsp3) is 0.400. The predicted octanol–water partition coefficient (Wildman–Crippen LogP) is 1.37. The van der Waals surface area contributed by atoms with E-state index in [0.717, 1.165) is 6.54 Å². The van der Waals surface area contributed by atoms with Crippen LogP contribution in [0, 0.1) is 11.8 Å². The van der Waals surface area contributed by atoms with E-state index < -0.39 is 0 Å². The predicted molar refractivity (Wildman–Crippen MR) is 86.9 cm³/mol. The largest absolute Gasteiger partial charge is 0.465 e. The van der Waals surface area contributed by atoms with Crippen molar-refractivity contribution in [2.24, 2.45) is 11.8 Å². The molecule has 2 aromatic heterocycles. The number of cyclic esters (lactones) is 1. The highest BCUT2D eigenvalue weighted by molar-refractivity contribution is 6.30. The van der Waals surface area contributed by atoms with E-state index in [0.29, 0.717) is 36.1 Å². The number of carbonyl (C=O) groups excluding carboxylic acids is 1. The van der Waals surface area contributed by atoms with Crippen molar-refractivity contribution in [3.63, 3.8) is 0 Å². The third-order valence-corrected chi connectivity index (χ3v) is 4.54. The van der Waals surface area contributed by atoms with Crippen LogP contribution in [0.5, 0.6) is 0 Å². The van der Waals surface area contributed by atoms with E-state index >= 15 is 0 Å². The first kappa shape index (κ1) is 16.2. The van der Waals surface area contributed by atoms with E-state index in [9.17, 15) is 9.59 Å². The molecule has 6 nitrogen and oxygen atoms in total. The normalized spacial score (nSPS) is 23.6. The van der Waals surface area contributed by atoms with Gasteiger partial charge in [0.05, 0.1) is 23.2 Å². The van der Waals surface area contributed by atoms with Crippen LogP contribution in [0.4, 0.5) is 0 Å². The molecule has 2 aliphatic heterocycles. The van der Waals surface area contributed by atoms with Gasteiger partial charge in [-0.15, -0.1) is 12.4 Å². The lowest BCUT2D eigenvalue weighted by molar-refractivity contribution is -0.141. The SMILES string of the molecule is Cl.O=C1OC[C@H]2CN(Cc3cc(=O)n4cc(Cl)ccc4n3)C[C@@H]12. The van der Waals surface area contributed by atoms with Gasteiger partial charge in [0.25, 0.3) is 5.56 Å². The Morgan fingerprint density at radius 1 is 1.30 bits per heavy atom. The number of rotatable bonds is 2. The van der Waals surface area contributed by atoms with Crippen molar-refractivity contribution in [1.29, 1.82) is 0 Å². The molecule has 4 heterocycles. The van der Waals surface area contributed by atoms with Gasteiger partial charge in [-0.3, -0.25) is 18.9 Å². The van der Waals surface area contributed by atoms with Crippen LogP contribution in [0.25, 0.3) is 5.65 Å². The molecular weight excluding hydrogens is 341 g/mol. The molecule has 2 aliphatic rings. The maximum Gasteiger partial charge on any atom is 0.310 e. The van der Waals surface area contributed by atoms with E-state index in [-0.39, 0.29) is 35.8 Å². The summed E-state index contributed by atoms with van der Waals surface area (Å²) in [5, 5.41) is 0.495. The summed E-state index contributed by atoms with van der Waals surface area (Å²) in [6.45, 7) is 2.55. The standard InChI is InChI=1S/C15H14ClN3O3.ClH/c16-10-1-2-13-17-11(3-14(20)19(13)5-10)6-18-4-9-8-22-15(21)12(9)7-18;/h1-3,5,9,12H,4,6-8H2;1H/t9-,12-;/m1./s1. The number of hydrogen-bond acceptors (Lipinski definition) is 5. The number of nitrogens with zero attached hydrogens (tertiary/aromatic N) is 3. The number of esters is 1. The van der Waals surface area contributed by atoms with Crippen molar-refractivity contribution in [2.45, 2.75) is 6.54 Å². The number of pyridine rings is 1. The van der Waals surface area contributed by atoms with Crippen LogP contribution >= 0.6 is 24.0 Å². The van der Waals surface area contributed by atoms with Gasteiger partial charge in [-0.25, -0.2) is 4.98 Å². The zero-order chi connectivity index (χ0) is 15.3. The second-order valence-electron chi connectivity index (χ2n) is 5.85. The maximum atomic E-state index is 12.1. The summed E-state index contributed by atoms with van der Waals surface area (Å²) >= 11 is 5.90. The van der Waals surface area contributed by atoms with E-state index in [1.807, 2.05) is 0 Å². The van der Waals surface area contributed by atoms with Gasteiger partial charge in [-0.2, -0.15) is 0 Å². The average Bonchev–Trinajstić information content (AvgIpc) is 3.02. The quantitative estimate of drug-likeness (QED) is 0.761. The summed E-state index contributed by atoms with van der Waals surface area (Å²) in [6.07, 6.45) is 1.56. The molecule has 23 heavy (non-hydrogen) atoms. The van der Waals surface area contributed by atoms with Gasteiger partial charge in [-0.05, 0) is 12.1 Å². The molecule has 0 unspecified atom stereocenters. The van der Waals surface area contributed by atoms with Crippen molar-refractivity contribution in [1.82, 2.24) is 14.3 Å². The molecule has 122 valence electrons. The smallest absolute Gasteiger partial charge is 0.310 e. The number of carbonyl (C=O) groups is 1. The lowest BCUT2D eigenvalue weighted by atomic mass is 10.0. The van der Waals surface area contributed by atoms with Crippen LogP contribution < -0.4 is 5.56 Å². The summed E-state index contributed by atoms with van der Waals surface area (Å²) in [5.74, 6) is 0.141. The van der Waals surface area contributed by atoms with Gasteiger partial charge in [0.15, 0.2) is 0 Å². The first-order chi connectivity index (χ1) is 10.6. The molecule has 0 aromatic carbocycles. The van der Waals surface area contributed by atoms with Crippen molar-refractivity contribution in [3.8, 4) is 0 Å². The molecule has 0 saturated carbocycles. The first-order valence-electron chi connectivity index (χ1n) is 7.17. The number of fused-ring (bicyclic) bond motifs is 2. The summed E-state index contributed by atoms with van der Waals surface area (Å²) in [7, 11) is 0. The molecule has 2 fully saturated rings. The van der Waals surface area contributed by atoms with Crippen molar-refractivity contribution >= 4 is 35.6 Å². The topological polar surface area (TPSA) is 63.9 Å². The van der Waals surface area contributed by atoms with E-state index in [1.54, 1.807) is 18.3 Å². The van der Waals surface area contributed by atoms with Crippen molar-refractivity contribution in [2.75, 3.05) is 19.7 Å². The highest BCUT2D eigenvalue weighted by Gasteiger charge is 2.43. The number of likely N-dealkylation sites (tertiary alicyclic amines) is 1. The highest BCUT2D eigenvalue weighted by Crippen LogP contribution is 2.30. The van der Waals surface area contributed by atoms with Gasteiger partial charge >= 0.3 is 5.97 Å². The number of ether oxygens (including phenoxy) is 1. The van der Waals surface area contributed by atoms with Gasteiger partial charge in [0, 0.05) is 37.8 Å². The molecule has 2 aromatic rings. The molecule has 8 heteroatoms.